The van der Waals surface area contributed by atoms with Gasteiger partial charge >= 0.3 is 6.03 Å². The van der Waals surface area contributed by atoms with Crippen LogP contribution in [0.1, 0.15) is 18.1 Å². The van der Waals surface area contributed by atoms with Crippen LogP contribution in [0.25, 0.3) is 0 Å². The van der Waals surface area contributed by atoms with Crippen LogP contribution in [0.15, 0.2) is 60.8 Å². The van der Waals surface area contributed by atoms with E-state index in [1.807, 2.05) is 38.1 Å². The number of hydrogen-bond acceptors (Lipinski definition) is 5. The molecule has 2 amide bonds. The number of nitrogens with zero attached hydrogens (tertiary/aromatic N) is 3. The van der Waals surface area contributed by atoms with Crippen LogP contribution in [0.2, 0.25) is 0 Å². The van der Waals surface area contributed by atoms with E-state index in [-0.39, 0.29) is 17.9 Å². The number of methoxy groups -OCH3 is 1. The number of amides is 2. The van der Waals surface area contributed by atoms with Crippen molar-refractivity contribution in [1.82, 2.24) is 15.3 Å². The van der Waals surface area contributed by atoms with Crippen LogP contribution in [-0.4, -0.2) is 35.8 Å². The van der Waals surface area contributed by atoms with E-state index in [1.165, 1.54) is 29.2 Å². The standard InChI is InChI=1S/C23H26FN5O2/c1-16-6-4-5-7-18(16)14-26-23(30)29(20-10-8-19(24)9-11-20)21-12-13-25-22(28-21)27-17(2)15-31-3/h4-13,17H,14-15H2,1-3H3,(H,26,30)(H,25,27,28)/t17-/m0/s1. The second-order valence-electron chi connectivity index (χ2n) is 7.14. The van der Waals surface area contributed by atoms with Gasteiger partial charge in [0.25, 0.3) is 0 Å². The van der Waals surface area contributed by atoms with Crippen LogP contribution < -0.4 is 15.5 Å². The van der Waals surface area contributed by atoms with Crippen LogP contribution in [-0.2, 0) is 11.3 Å². The van der Waals surface area contributed by atoms with E-state index in [1.54, 1.807) is 19.4 Å². The minimum Gasteiger partial charge on any atom is -0.383 e. The van der Waals surface area contributed by atoms with Crippen molar-refractivity contribution in [1.29, 1.82) is 0 Å². The summed E-state index contributed by atoms with van der Waals surface area (Å²) in [7, 11) is 1.62. The number of anilines is 3. The number of rotatable bonds is 8. The second-order valence-corrected chi connectivity index (χ2v) is 7.14. The van der Waals surface area contributed by atoms with Gasteiger partial charge in [-0.25, -0.2) is 19.1 Å². The number of nitrogens with one attached hydrogen (secondary N) is 2. The molecule has 0 fully saturated rings. The van der Waals surface area contributed by atoms with Crippen LogP contribution in [0.4, 0.5) is 26.6 Å². The molecular weight excluding hydrogens is 397 g/mol. The largest absolute Gasteiger partial charge is 0.383 e. The summed E-state index contributed by atoms with van der Waals surface area (Å²) in [5.74, 6) is 0.333. The molecule has 0 aliphatic carbocycles. The maximum Gasteiger partial charge on any atom is 0.327 e. The van der Waals surface area contributed by atoms with Crippen molar-refractivity contribution in [2.75, 3.05) is 23.9 Å². The van der Waals surface area contributed by atoms with Crippen molar-refractivity contribution in [2.24, 2.45) is 0 Å². The zero-order valence-electron chi connectivity index (χ0n) is 17.8. The summed E-state index contributed by atoms with van der Waals surface area (Å²) in [6, 6.07) is 14.7. The Balaban J connectivity index is 1.87. The van der Waals surface area contributed by atoms with E-state index in [9.17, 15) is 9.18 Å². The van der Waals surface area contributed by atoms with Gasteiger partial charge in [-0.1, -0.05) is 24.3 Å². The highest BCUT2D eigenvalue weighted by molar-refractivity contribution is 5.98. The summed E-state index contributed by atoms with van der Waals surface area (Å²) in [4.78, 5) is 23.3. The summed E-state index contributed by atoms with van der Waals surface area (Å²) in [6.45, 7) is 4.76. The van der Waals surface area contributed by atoms with Crippen molar-refractivity contribution in [2.45, 2.75) is 26.4 Å². The lowest BCUT2D eigenvalue weighted by atomic mass is 10.1. The van der Waals surface area contributed by atoms with E-state index >= 15 is 0 Å². The topological polar surface area (TPSA) is 79.4 Å². The molecule has 0 unspecified atom stereocenters. The highest BCUT2D eigenvalue weighted by Gasteiger charge is 2.20. The lowest BCUT2D eigenvalue weighted by molar-refractivity contribution is 0.190. The van der Waals surface area contributed by atoms with Crippen molar-refractivity contribution in [3.05, 3.63) is 77.7 Å². The Morgan fingerprint density at radius 1 is 1.16 bits per heavy atom. The van der Waals surface area contributed by atoms with E-state index < -0.39 is 0 Å². The minimum atomic E-state index is -0.387. The first kappa shape index (κ1) is 22.2. The average molecular weight is 423 g/mol. The molecule has 1 atom stereocenters. The third-order valence-corrected chi connectivity index (χ3v) is 4.64. The van der Waals surface area contributed by atoms with Gasteiger partial charge in [0.2, 0.25) is 5.95 Å². The minimum absolute atomic E-state index is 0.0191. The number of carbonyl (C=O) groups excluding carboxylic acids is 1. The molecular formula is C23H26FN5O2. The molecule has 7 nitrogen and oxygen atoms in total. The van der Waals surface area contributed by atoms with Gasteiger partial charge < -0.3 is 15.4 Å². The SMILES string of the molecule is COC[C@H](C)Nc1nccc(N(C(=O)NCc2ccccc2C)c2ccc(F)cc2)n1. The molecule has 0 spiro atoms. The molecule has 0 aliphatic heterocycles. The molecule has 162 valence electrons. The summed E-state index contributed by atoms with van der Waals surface area (Å²) in [5, 5.41) is 6.06. The molecule has 0 saturated heterocycles. The Morgan fingerprint density at radius 3 is 2.61 bits per heavy atom. The van der Waals surface area contributed by atoms with E-state index in [2.05, 4.69) is 20.6 Å². The van der Waals surface area contributed by atoms with Crippen LogP contribution in [0, 0.1) is 12.7 Å². The molecule has 31 heavy (non-hydrogen) atoms. The highest BCUT2D eigenvalue weighted by Crippen LogP contribution is 2.25. The Hall–Kier alpha value is -3.52. The fourth-order valence-corrected chi connectivity index (χ4v) is 3.06. The first-order valence-corrected chi connectivity index (χ1v) is 9.94. The van der Waals surface area contributed by atoms with Crippen molar-refractivity contribution in [3.8, 4) is 0 Å². The zero-order chi connectivity index (χ0) is 22.2. The van der Waals surface area contributed by atoms with Crippen molar-refractivity contribution >= 4 is 23.5 Å². The molecule has 8 heteroatoms. The third kappa shape index (κ3) is 5.99. The summed E-state index contributed by atoms with van der Waals surface area (Å²) >= 11 is 0. The molecule has 3 aromatic rings. The highest BCUT2D eigenvalue weighted by atomic mass is 19.1. The maximum atomic E-state index is 13.5. The first-order chi connectivity index (χ1) is 15.0. The van der Waals surface area contributed by atoms with Gasteiger partial charge in [0.05, 0.1) is 12.3 Å². The molecule has 0 saturated carbocycles. The number of aryl methyl sites for hydroxylation is 1. The fraction of sp³-hybridized carbons (Fsp3) is 0.261. The van der Waals surface area contributed by atoms with Gasteiger partial charge in [-0.05, 0) is 49.2 Å². The maximum absolute atomic E-state index is 13.5. The monoisotopic (exact) mass is 423 g/mol. The number of halogens is 1. The summed E-state index contributed by atoms with van der Waals surface area (Å²) in [5.41, 5.74) is 2.57. The fourth-order valence-electron chi connectivity index (χ4n) is 3.06. The normalized spacial score (nSPS) is 11.6. The Morgan fingerprint density at radius 2 is 1.90 bits per heavy atom. The Labute approximate surface area is 181 Å². The molecule has 2 N–H and O–H groups in total. The number of ether oxygens (including phenoxy) is 1. The number of carbonyl (C=O) groups is 1. The third-order valence-electron chi connectivity index (χ3n) is 4.64. The van der Waals surface area contributed by atoms with Crippen LogP contribution >= 0.6 is 0 Å². The number of aromatic nitrogens is 2. The number of hydrogen-bond donors (Lipinski definition) is 2. The van der Waals surface area contributed by atoms with Crippen LogP contribution in [0.3, 0.4) is 0 Å². The van der Waals surface area contributed by atoms with E-state index in [0.717, 1.165) is 11.1 Å². The van der Waals surface area contributed by atoms with Gasteiger partial charge in [0.15, 0.2) is 0 Å². The number of benzene rings is 2. The zero-order valence-corrected chi connectivity index (χ0v) is 17.8. The van der Waals surface area contributed by atoms with Crippen LogP contribution in [0.5, 0.6) is 0 Å². The molecule has 0 aliphatic rings. The quantitative estimate of drug-likeness (QED) is 0.561. The van der Waals surface area contributed by atoms with Gasteiger partial charge in [-0.3, -0.25) is 0 Å². The first-order valence-electron chi connectivity index (χ1n) is 9.94. The predicted molar refractivity (Wildman–Crippen MR) is 119 cm³/mol. The molecule has 3 rings (SSSR count). The van der Waals surface area contributed by atoms with Crippen molar-refractivity contribution in [3.63, 3.8) is 0 Å². The molecule has 0 radical (unpaired) electrons. The smallest absolute Gasteiger partial charge is 0.327 e. The average Bonchev–Trinajstić information content (AvgIpc) is 2.75. The predicted octanol–water partition coefficient (Wildman–Crippen LogP) is 4.42. The summed E-state index contributed by atoms with van der Waals surface area (Å²) in [6.07, 6.45) is 1.56. The van der Waals surface area contributed by atoms with Gasteiger partial charge in [-0.15, -0.1) is 0 Å². The van der Waals surface area contributed by atoms with Crippen molar-refractivity contribution < 1.29 is 13.9 Å². The molecule has 0 bridgehead atoms. The Bertz CT molecular complexity index is 1010. The van der Waals surface area contributed by atoms with E-state index in [4.69, 9.17) is 4.74 Å². The van der Waals surface area contributed by atoms with E-state index in [0.29, 0.717) is 30.6 Å². The van der Waals surface area contributed by atoms with Gasteiger partial charge in [0.1, 0.15) is 11.6 Å². The lowest BCUT2D eigenvalue weighted by Gasteiger charge is -2.23. The molecule has 1 aromatic heterocycles. The van der Waals surface area contributed by atoms with Gasteiger partial charge in [0, 0.05) is 32.0 Å². The molecule has 2 aromatic carbocycles. The summed E-state index contributed by atoms with van der Waals surface area (Å²) < 4.78 is 18.6. The molecule has 1 heterocycles. The number of urea groups is 1. The second kappa shape index (κ2) is 10.5. The lowest BCUT2D eigenvalue weighted by Crippen LogP contribution is -2.37. The van der Waals surface area contributed by atoms with Gasteiger partial charge in [-0.2, -0.15) is 4.98 Å². The Kier molecular flexibility index (Phi) is 7.50.